The molecule has 1 aliphatic heterocycles. The quantitative estimate of drug-likeness (QED) is 0.680. The van der Waals surface area contributed by atoms with Crippen LogP contribution < -0.4 is 16.0 Å². The average Bonchev–Trinajstić information content (AvgIpc) is 3.29. The van der Waals surface area contributed by atoms with Crippen molar-refractivity contribution in [1.82, 2.24) is 14.8 Å². The predicted octanol–water partition coefficient (Wildman–Crippen LogP) is 2.85. The van der Waals surface area contributed by atoms with E-state index in [1.807, 2.05) is 18.2 Å². The molecule has 0 unspecified atom stereocenters. The van der Waals surface area contributed by atoms with Crippen LogP contribution in [0.4, 0.5) is 11.4 Å². The van der Waals surface area contributed by atoms with Crippen LogP contribution in [0.1, 0.15) is 40.5 Å². The van der Waals surface area contributed by atoms with Gasteiger partial charge >= 0.3 is 0 Å². The van der Waals surface area contributed by atoms with E-state index in [0.29, 0.717) is 22.7 Å². The number of carbonyl (C=O) groups excluding carboxylic acids is 2. The molecule has 0 spiro atoms. The third-order valence-electron chi connectivity index (χ3n) is 5.49. The van der Waals surface area contributed by atoms with E-state index in [4.69, 9.17) is 5.73 Å². The van der Waals surface area contributed by atoms with Crippen molar-refractivity contribution in [1.29, 1.82) is 0 Å². The number of nitrogens with two attached hydrogens (primary N) is 1. The van der Waals surface area contributed by atoms with Crippen LogP contribution in [0.2, 0.25) is 0 Å². The van der Waals surface area contributed by atoms with Crippen molar-refractivity contribution >= 4 is 23.2 Å². The number of aromatic nitrogens is 3. The summed E-state index contributed by atoms with van der Waals surface area (Å²) in [5, 5.41) is 10.5. The van der Waals surface area contributed by atoms with E-state index in [2.05, 4.69) is 27.3 Å². The zero-order valence-corrected chi connectivity index (χ0v) is 16.8. The largest absolute Gasteiger partial charge is 0.371 e. The molecule has 1 aromatic heterocycles. The summed E-state index contributed by atoms with van der Waals surface area (Å²) in [4.78, 5) is 26.8. The monoisotopic (exact) mass is 404 g/mol. The van der Waals surface area contributed by atoms with Crippen LogP contribution in [-0.2, 0) is 0 Å². The normalized spacial score (nSPS) is 14.5. The molecule has 2 heterocycles. The van der Waals surface area contributed by atoms with Gasteiger partial charge in [0.1, 0.15) is 12.7 Å². The van der Waals surface area contributed by atoms with Crippen LogP contribution in [0.25, 0.3) is 5.69 Å². The second-order valence-corrected chi connectivity index (χ2v) is 7.64. The van der Waals surface area contributed by atoms with E-state index in [0.717, 1.165) is 37.3 Å². The number of nitrogens with zero attached hydrogens (tertiary/aromatic N) is 4. The number of hydrogen-bond acceptors (Lipinski definition) is 5. The molecule has 154 valence electrons. The van der Waals surface area contributed by atoms with Gasteiger partial charge in [0.2, 0.25) is 0 Å². The fraction of sp³-hybridized carbons (Fsp3) is 0.273. The Labute approximate surface area is 174 Å². The summed E-state index contributed by atoms with van der Waals surface area (Å²) in [6.45, 7) is 3.96. The lowest BCUT2D eigenvalue weighted by Gasteiger charge is -2.33. The summed E-state index contributed by atoms with van der Waals surface area (Å²) < 4.78 is 1.76. The first-order chi connectivity index (χ1) is 14.5. The van der Waals surface area contributed by atoms with Crippen molar-refractivity contribution in [2.75, 3.05) is 23.3 Å². The number of hydrogen-bond donors (Lipinski definition) is 2. The van der Waals surface area contributed by atoms with E-state index >= 15 is 0 Å². The van der Waals surface area contributed by atoms with Crippen molar-refractivity contribution in [3.8, 4) is 5.69 Å². The Balaban J connectivity index is 1.53. The summed E-state index contributed by atoms with van der Waals surface area (Å²) in [6, 6.07) is 12.4. The van der Waals surface area contributed by atoms with Gasteiger partial charge in [0.15, 0.2) is 0 Å². The van der Waals surface area contributed by atoms with Gasteiger partial charge in [0, 0.05) is 30.0 Å². The molecule has 1 fully saturated rings. The van der Waals surface area contributed by atoms with E-state index in [1.54, 1.807) is 41.5 Å². The first-order valence-corrected chi connectivity index (χ1v) is 9.96. The molecule has 0 aliphatic carbocycles. The zero-order chi connectivity index (χ0) is 21.1. The van der Waals surface area contributed by atoms with Crippen LogP contribution in [0, 0.1) is 5.92 Å². The van der Waals surface area contributed by atoms with E-state index in [-0.39, 0.29) is 5.91 Å². The molecule has 1 saturated heterocycles. The van der Waals surface area contributed by atoms with Gasteiger partial charge in [-0.2, -0.15) is 0 Å². The average molecular weight is 404 g/mol. The summed E-state index contributed by atoms with van der Waals surface area (Å²) in [5.74, 6) is -0.0244. The van der Waals surface area contributed by atoms with E-state index in [9.17, 15) is 9.59 Å². The van der Waals surface area contributed by atoms with Gasteiger partial charge in [-0.1, -0.05) is 6.92 Å². The smallest absolute Gasteiger partial charge is 0.255 e. The standard InChI is InChI=1S/C22H24N6O2/c1-15-8-10-27(11-9-15)20-12-17(4-7-19(20)21(23)29)26-22(30)16-2-5-18(6-3-16)28-13-24-25-14-28/h2-7,12-15H,8-11H2,1H3,(H2,23,29)(H,26,30). The van der Waals surface area contributed by atoms with Gasteiger partial charge in [-0.15, -0.1) is 10.2 Å². The molecule has 0 saturated carbocycles. The van der Waals surface area contributed by atoms with Crippen LogP contribution in [-0.4, -0.2) is 39.7 Å². The Hall–Kier alpha value is -3.68. The minimum Gasteiger partial charge on any atom is -0.371 e. The third-order valence-corrected chi connectivity index (χ3v) is 5.49. The number of nitrogens with one attached hydrogen (secondary N) is 1. The zero-order valence-electron chi connectivity index (χ0n) is 16.8. The number of benzene rings is 2. The minimum absolute atomic E-state index is 0.227. The van der Waals surface area contributed by atoms with Gasteiger partial charge in [-0.3, -0.25) is 14.2 Å². The fourth-order valence-electron chi connectivity index (χ4n) is 3.65. The maximum atomic E-state index is 12.7. The second-order valence-electron chi connectivity index (χ2n) is 7.64. The lowest BCUT2D eigenvalue weighted by molar-refractivity contribution is 0.0998. The van der Waals surface area contributed by atoms with Crippen LogP contribution in [0.15, 0.2) is 55.1 Å². The molecule has 8 nitrogen and oxygen atoms in total. The Morgan fingerprint density at radius 2 is 1.70 bits per heavy atom. The molecule has 0 bridgehead atoms. The molecule has 4 rings (SSSR count). The summed E-state index contributed by atoms with van der Waals surface area (Å²) in [7, 11) is 0. The molecule has 3 aromatic rings. The highest BCUT2D eigenvalue weighted by molar-refractivity contribution is 6.05. The van der Waals surface area contributed by atoms with Crippen LogP contribution in [0.3, 0.4) is 0 Å². The lowest BCUT2D eigenvalue weighted by atomic mass is 9.98. The topological polar surface area (TPSA) is 106 Å². The fourth-order valence-corrected chi connectivity index (χ4v) is 3.65. The molecule has 2 amide bonds. The van der Waals surface area contributed by atoms with Crippen molar-refractivity contribution in [3.63, 3.8) is 0 Å². The Kier molecular flexibility index (Phi) is 5.47. The van der Waals surface area contributed by atoms with Crippen LogP contribution >= 0.6 is 0 Å². The number of carbonyl (C=O) groups is 2. The Morgan fingerprint density at radius 3 is 2.33 bits per heavy atom. The Morgan fingerprint density at radius 1 is 1.03 bits per heavy atom. The molecule has 0 atom stereocenters. The minimum atomic E-state index is -0.467. The molecular weight excluding hydrogens is 380 g/mol. The number of anilines is 2. The summed E-state index contributed by atoms with van der Waals surface area (Å²) >= 11 is 0. The highest BCUT2D eigenvalue weighted by Gasteiger charge is 2.21. The molecule has 30 heavy (non-hydrogen) atoms. The predicted molar refractivity (Wildman–Crippen MR) is 115 cm³/mol. The van der Waals surface area contributed by atoms with E-state index < -0.39 is 5.91 Å². The van der Waals surface area contributed by atoms with Crippen molar-refractivity contribution in [2.45, 2.75) is 19.8 Å². The van der Waals surface area contributed by atoms with Crippen molar-refractivity contribution in [2.24, 2.45) is 11.7 Å². The van der Waals surface area contributed by atoms with Gasteiger partial charge in [0.25, 0.3) is 11.8 Å². The van der Waals surface area contributed by atoms with E-state index in [1.165, 1.54) is 0 Å². The van der Waals surface area contributed by atoms with Gasteiger partial charge in [0.05, 0.1) is 11.3 Å². The molecule has 2 aromatic carbocycles. The highest BCUT2D eigenvalue weighted by Crippen LogP contribution is 2.29. The molecule has 8 heteroatoms. The summed E-state index contributed by atoms with van der Waals surface area (Å²) in [6.07, 6.45) is 5.32. The summed E-state index contributed by atoms with van der Waals surface area (Å²) in [5.41, 5.74) is 8.85. The SMILES string of the molecule is CC1CCN(c2cc(NC(=O)c3ccc(-n4cnnc4)cc3)ccc2C(N)=O)CC1. The van der Waals surface area contributed by atoms with Crippen LogP contribution in [0.5, 0.6) is 0 Å². The van der Waals surface area contributed by atoms with Crippen molar-refractivity contribution in [3.05, 3.63) is 66.2 Å². The lowest BCUT2D eigenvalue weighted by Crippen LogP contribution is -2.34. The number of rotatable bonds is 5. The van der Waals surface area contributed by atoms with Gasteiger partial charge < -0.3 is 16.0 Å². The molecule has 3 N–H and O–H groups in total. The maximum Gasteiger partial charge on any atom is 0.255 e. The highest BCUT2D eigenvalue weighted by atomic mass is 16.2. The molecule has 0 radical (unpaired) electrons. The first-order valence-electron chi connectivity index (χ1n) is 9.96. The first kappa shape index (κ1) is 19.6. The maximum absolute atomic E-state index is 12.7. The second kappa shape index (κ2) is 8.36. The van der Waals surface area contributed by atoms with Crippen molar-refractivity contribution < 1.29 is 9.59 Å². The number of primary amides is 1. The van der Waals surface area contributed by atoms with Gasteiger partial charge in [-0.05, 0) is 61.2 Å². The molecular formula is C22H24N6O2. The number of piperidine rings is 1. The van der Waals surface area contributed by atoms with Gasteiger partial charge in [-0.25, -0.2) is 0 Å². The number of amides is 2. The molecule has 1 aliphatic rings. The third kappa shape index (κ3) is 4.17. The Bertz CT molecular complexity index is 1040.